The molecule has 0 aliphatic heterocycles. The van der Waals surface area contributed by atoms with Crippen LogP contribution in [-0.2, 0) is 6.54 Å². The summed E-state index contributed by atoms with van der Waals surface area (Å²) in [5.41, 5.74) is 1.14. The van der Waals surface area contributed by atoms with Gasteiger partial charge in [0.2, 0.25) is 0 Å². The van der Waals surface area contributed by atoms with Crippen LogP contribution in [0.15, 0.2) is 16.6 Å². The quantitative estimate of drug-likeness (QED) is 0.811. The van der Waals surface area contributed by atoms with Gasteiger partial charge in [-0.25, -0.2) is 0 Å². The fraction of sp³-hybridized carbons (Fsp3) is 0.571. The standard InChI is InChI=1S/C14H19BrClNO.ClH/c1-17(11-5-3-2-4-6-11)9-10-7-12(15)14(18)13(16)8-10;/h7-8,11,18H,2-6,9H2,1H3;1H. The third-order valence-electron chi connectivity index (χ3n) is 3.71. The van der Waals surface area contributed by atoms with Crippen LogP contribution in [0.1, 0.15) is 37.7 Å². The minimum absolute atomic E-state index is 0. The molecule has 0 amide bonds. The lowest BCUT2D eigenvalue weighted by Gasteiger charge is -2.31. The lowest BCUT2D eigenvalue weighted by atomic mass is 9.94. The fourth-order valence-corrected chi connectivity index (χ4v) is 3.51. The van der Waals surface area contributed by atoms with Gasteiger partial charge < -0.3 is 5.11 Å². The van der Waals surface area contributed by atoms with Crippen LogP contribution in [0.5, 0.6) is 5.75 Å². The molecule has 108 valence electrons. The first-order valence-electron chi connectivity index (χ1n) is 6.45. The summed E-state index contributed by atoms with van der Waals surface area (Å²) in [6.07, 6.45) is 6.65. The summed E-state index contributed by atoms with van der Waals surface area (Å²) in [5.74, 6) is 0.126. The van der Waals surface area contributed by atoms with Crippen LogP contribution in [-0.4, -0.2) is 23.1 Å². The Balaban J connectivity index is 0.00000180. The van der Waals surface area contributed by atoms with E-state index in [4.69, 9.17) is 11.6 Å². The van der Waals surface area contributed by atoms with E-state index in [9.17, 15) is 5.11 Å². The average molecular weight is 369 g/mol. The summed E-state index contributed by atoms with van der Waals surface area (Å²) in [4.78, 5) is 2.40. The molecule has 19 heavy (non-hydrogen) atoms. The smallest absolute Gasteiger partial charge is 0.148 e. The van der Waals surface area contributed by atoms with Crippen LogP contribution in [0.25, 0.3) is 0 Å². The Morgan fingerprint density at radius 1 is 1.32 bits per heavy atom. The highest BCUT2D eigenvalue weighted by Crippen LogP contribution is 2.33. The second kappa shape index (κ2) is 7.72. The molecule has 0 unspecified atom stereocenters. The molecule has 0 bridgehead atoms. The largest absolute Gasteiger partial charge is 0.505 e. The average Bonchev–Trinajstić information content (AvgIpc) is 2.37. The minimum Gasteiger partial charge on any atom is -0.505 e. The van der Waals surface area contributed by atoms with Gasteiger partial charge in [-0.1, -0.05) is 30.9 Å². The van der Waals surface area contributed by atoms with Gasteiger partial charge in [0.05, 0.1) is 9.50 Å². The topological polar surface area (TPSA) is 23.5 Å². The number of phenolic OH excluding ortho intramolecular Hbond substituents is 1. The summed E-state index contributed by atoms with van der Waals surface area (Å²) in [6, 6.07) is 4.48. The van der Waals surface area contributed by atoms with Gasteiger partial charge in [0.15, 0.2) is 0 Å². The number of halogens is 3. The fourth-order valence-electron chi connectivity index (χ4n) is 2.65. The van der Waals surface area contributed by atoms with Crippen LogP contribution >= 0.6 is 39.9 Å². The van der Waals surface area contributed by atoms with Crippen molar-refractivity contribution in [1.29, 1.82) is 0 Å². The first-order valence-corrected chi connectivity index (χ1v) is 7.62. The number of hydrogen-bond donors (Lipinski definition) is 1. The molecule has 0 heterocycles. The van der Waals surface area contributed by atoms with E-state index in [2.05, 4.69) is 27.9 Å². The second-order valence-electron chi connectivity index (χ2n) is 5.12. The molecule has 1 saturated carbocycles. The van der Waals surface area contributed by atoms with Gasteiger partial charge in [-0.15, -0.1) is 12.4 Å². The lowest BCUT2D eigenvalue weighted by Crippen LogP contribution is -2.32. The third-order valence-corrected chi connectivity index (χ3v) is 4.60. The van der Waals surface area contributed by atoms with Crippen molar-refractivity contribution in [3.05, 3.63) is 27.2 Å². The third kappa shape index (κ3) is 4.52. The summed E-state index contributed by atoms with van der Waals surface area (Å²) in [6.45, 7) is 0.878. The minimum atomic E-state index is 0. The molecule has 1 N–H and O–H groups in total. The highest BCUT2D eigenvalue weighted by atomic mass is 79.9. The van der Waals surface area contributed by atoms with Crippen LogP contribution in [0.4, 0.5) is 0 Å². The summed E-state index contributed by atoms with van der Waals surface area (Å²) >= 11 is 9.32. The molecule has 1 aliphatic carbocycles. The normalized spacial score (nSPS) is 16.4. The Kier molecular flexibility index (Phi) is 6.95. The monoisotopic (exact) mass is 367 g/mol. The van der Waals surface area contributed by atoms with Gasteiger partial charge in [-0.3, -0.25) is 4.90 Å². The summed E-state index contributed by atoms with van der Waals surface area (Å²) in [5, 5.41) is 10.0. The molecule has 0 aromatic heterocycles. The van der Waals surface area contributed by atoms with E-state index in [0.29, 0.717) is 15.5 Å². The number of phenols is 1. The van der Waals surface area contributed by atoms with E-state index < -0.39 is 0 Å². The molecule has 0 atom stereocenters. The van der Waals surface area contributed by atoms with Crippen molar-refractivity contribution in [2.75, 3.05) is 7.05 Å². The van der Waals surface area contributed by atoms with Crippen molar-refractivity contribution >= 4 is 39.9 Å². The zero-order chi connectivity index (χ0) is 13.1. The predicted octanol–water partition coefficient (Wildman–Crippen LogP) is 4.99. The number of benzene rings is 1. The van der Waals surface area contributed by atoms with Crippen molar-refractivity contribution in [3.63, 3.8) is 0 Å². The first kappa shape index (κ1) is 17.1. The zero-order valence-corrected chi connectivity index (χ0v) is 14.2. The Hall–Kier alpha value is 0.0400. The van der Waals surface area contributed by atoms with Crippen molar-refractivity contribution in [1.82, 2.24) is 4.90 Å². The molecular weight excluding hydrogens is 349 g/mol. The lowest BCUT2D eigenvalue weighted by molar-refractivity contribution is 0.184. The van der Waals surface area contributed by atoms with E-state index in [0.717, 1.165) is 12.1 Å². The Morgan fingerprint density at radius 3 is 2.53 bits per heavy atom. The second-order valence-corrected chi connectivity index (χ2v) is 6.38. The van der Waals surface area contributed by atoms with E-state index >= 15 is 0 Å². The molecule has 1 fully saturated rings. The van der Waals surface area contributed by atoms with Gasteiger partial charge in [0.25, 0.3) is 0 Å². The van der Waals surface area contributed by atoms with E-state index in [1.54, 1.807) is 0 Å². The van der Waals surface area contributed by atoms with Crippen molar-refractivity contribution < 1.29 is 5.11 Å². The summed E-state index contributed by atoms with van der Waals surface area (Å²) in [7, 11) is 2.17. The van der Waals surface area contributed by atoms with Crippen LogP contribution < -0.4 is 0 Å². The highest BCUT2D eigenvalue weighted by Gasteiger charge is 2.18. The van der Waals surface area contributed by atoms with Crippen molar-refractivity contribution in [3.8, 4) is 5.75 Å². The molecule has 1 aromatic rings. The Morgan fingerprint density at radius 2 is 1.95 bits per heavy atom. The SMILES string of the molecule is CN(Cc1cc(Cl)c(O)c(Br)c1)C1CCCCC1.Cl. The maximum atomic E-state index is 9.62. The summed E-state index contributed by atoms with van der Waals surface area (Å²) < 4.78 is 0.669. The van der Waals surface area contributed by atoms with Crippen LogP contribution in [0.3, 0.4) is 0 Å². The van der Waals surface area contributed by atoms with Gasteiger partial charge in [0, 0.05) is 12.6 Å². The van der Waals surface area contributed by atoms with E-state index in [1.165, 1.54) is 32.1 Å². The van der Waals surface area contributed by atoms with Gasteiger partial charge in [0.1, 0.15) is 5.75 Å². The molecule has 1 aromatic carbocycles. The molecule has 0 spiro atoms. The van der Waals surface area contributed by atoms with Crippen molar-refractivity contribution in [2.24, 2.45) is 0 Å². The Bertz CT molecular complexity index is 399. The number of aromatic hydroxyl groups is 1. The highest BCUT2D eigenvalue weighted by molar-refractivity contribution is 9.10. The first-order chi connectivity index (χ1) is 8.58. The number of rotatable bonds is 3. The van der Waals surface area contributed by atoms with Crippen molar-refractivity contribution in [2.45, 2.75) is 44.7 Å². The maximum Gasteiger partial charge on any atom is 0.148 e. The maximum absolute atomic E-state index is 9.62. The molecule has 5 heteroatoms. The van der Waals surface area contributed by atoms with Gasteiger partial charge >= 0.3 is 0 Å². The number of hydrogen-bond acceptors (Lipinski definition) is 2. The van der Waals surface area contributed by atoms with Gasteiger partial charge in [-0.2, -0.15) is 0 Å². The van der Waals surface area contributed by atoms with E-state index in [-0.39, 0.29) is 18.2 Å². The molecule has 2 rings (SSSR count). The predicted molar refractivity (Wildman–Crippen MR) is 86.4 cm³/mol. The van der Waals surface area contributed by atoms with E-state index in [1.807, 2.05) is 12.1 Å². The van der Waals surface area contributed by atoms with Crippen LogP contribution in [0.2, 0.25) is 5.02 Å². The molecule has 0 radical (unpaired) electrons. The Labute approximate surface area is 134 Å². The van der Waals surface area contributed by atoms with Gasteiger partial charge in [-0.05, 0) is 53.5 Å². The number of nitrogens with zero attached hydrogens (tertiary/aromatic N) is 1. The molecular formula is C14H20BrCl2NO. The molecule has 2 nitrogen and oxygen atoms in total. The van der Waals surface area contributed by atoms with Crippen LogP contribution in [0, 0.1) is 0 Å². The molecule has 0 saturated heterocycles. The zero-order valence-electron chi connectivity index (χ0n) is 11.0. The molecule has 1 aliphatic rings.